The lowest BCUT2D eigenvalue weighted by Gasteiger charge is -2.43. The van der Waals surface area contributed by atoms with E-state index in [2.05, 4.69) is 47.5 Å². The van der Waals surface area contributed by atoms with E-state index >= 15 is 0 Å². The molecule has 2 unspecified atom stereocenters. The summed E-state index contributed by atoms with van der Waals surface area (Å²) in [5.74, 6) is -0.322. The van der Waals surface area contributed by atoms with Crippen LogP contribution in [0.2, 0.25) is 5.02 Å². The largest absolute Gasteiger partial charge is 0.496 e. The highest BCUT2D eigenvalue weighted by Gasteiger charge is 2.42. The van der Waals surface area contributed by atoms with Crippen LogP contribution < -0.4 is 20.5 Å². The van der Waals surface area contributed by atoms with E-state index in [4.69, 9.17) is 26.8 Å². The summed E-state index contributed by atoms with van der Waals surface area (Å²) in [6, 6.07) is 16.9. The number of hydrogen-bond donors (Lipinski definition) is 2. The van der Waals surface area contributed by atoms with Crippen molar-refractivity contribution in [1.82, 2.24) is 10.2 Å². The van der Waals surface area contributed by atoms with Gasteiger partial charge in [-0.25, -0.2) is 8.78 Å². The van der Waals surface area contributed by atoms with Crippen LogP contribution in [0.15, 0.2) is 60.2 Å². The summed E-state index contributed by atoms with van der Waals surface area (Å²) < 4.78 is 38.8. The second-order valence-corrected chi connectivity index (χ2v) is 13.2. The van der Waals surface area contributed by atoms with Gasteiger partial charge in [-0.1, -0.05) is 48.0 Å². The molecule has 2 fully saturated rings. The van der Waals surface area contributed by atoms with E-state index in [1.165, 1.54) is 0 Å². The van der Waals surface area contributed by atoms with Crippen LogP contribution in [0.1, 0.15) is 60.8 Å². The molecular weight excluding hydrogens is 608 g/mol. The average molecular weight is 650 g/mol. The van der Waals surface area contributed by atoms with Crippen molar-refractivity contribution in [2.45, 2.75) is 76.5 Å². The number of aryl methyl sites for hydroxylation is 1. The maximum Gasteiger partial charge on any atom is 0.252 e. The Labute approximate surface area is 274 Å². The summed E-state index contributed by atoms with van der Waals surface area (Å²) >= 11 is 5.88. The van der Waals surface area contributed by atoms with Gasteiger partial charge >= 0.3 is 0 Å². The molecule has 2 heterocycles. The molecule has 0 radical (unpaired) electrons. The standard InChI is InChI=1S/C37H42ClF2N3O3/c1-22-26(6-3-7-33(22)45-2)21-43(28-12-13-28)37(44)34-29(19-27-17-24(20-41)18-32(34)42-27)25-10-8-23(9-11-25)5-4-16-46-36-31(40)15-14-30(39)35(36)38/h3,6-11,14-15,24,27-28,32,42H,4-5,12-13,16-21,41H2,1-2H3/t24?,27-,32?/m0/s1. The van der Waals surface area contributed by atoms with Crippen molar-refractivity contribution < 1.29 is 23.0 Å². The zero-order valence-electron chi connectivity index (χ0n) is 26.5. The quantitative estimate of drug-likeness (QED) is 0.163. The fourth-order valence-electron chi connectivity index (χ4n) is 7.01. The summed E-state index contributed by atoms with van der Waals surface area (Å²) in [4.78, 5) is 16.7. The molecule has 1 aliphatic carbocycles. The Hall–Kier alpha value is -3.46. The molecule has 6 rings (SSSR count). The number of fused-ring (bicyclic) bond motifs is 2. The number of amides is 1. The first-order valence-electron chi connectivity index (χ1n) is 16.3. The van der Waals surface area contributed by atoms with E-state index < -0.39 is 11.6 Å². The highest BCUT2D eigenvalue weighted by molar-refractivity contribution is 6.32. The van der Waals surface area contributed by atoms with Gasteiger partial charge < -0.3 is 25.4 Å². The molecule has 244 valence electrons. The monoisotopic (exact) mass is 649 g/mol. The van der Waals surface area contributed by atoms with Gasteiger partial charge in [-0.15, -0.1) is 0 Å². The van der Waals surface area contributed by atoms with Crippen LogP contribution in [0.3, 0.4) is 0 Å². The van der Waals surface area contributed by atoms with Gasteiger partial charge in [-0.2, -0.15) is 0 Å². The van der Waals surface area contributed by atoms with Gasteiger partial charge in [-0.3, -0.25) is 4.79 Å². The van der Waals surface area contributed by atoms with Crippen LogP contribution in [-0.2, 0) is 17.8 Å². The predicted octanol–water partition coefficient (Wildman–Crippen LogP) is 6.99. The third kappa shape index (κ3) is 6.94. The number of nitrogens with one attached hydrogen (secondary N) is 1. The smallest absolute Gasteiger partial charge is 0.252 e. The summed E-state index contributed by atoms with van der Waals surface area (Å²) in [6.07, 6.45) is 5.95. The van der Waals surface area contributed by atoms with Gasteiger partial charge in [0.25, 0.3) is 5.91 Å². The number of carbonyl (C=O) groups is 1. The van der Waals surface area contributed by atoms with Gasteiger partial charge in [0.1, 0.15) is 16.6 Å². The molecule has 6 nitrogen and oxygen atoms in total. The minimum Gasteiger partial charge on any atom is -0.496 e. The summed E-state index contributed by atoms with van der Waals surface area (Å²) in [7, 11) is 1.68. The second-order valence-electron chi connectivity index (χ2n) is 12.8. The molecule has 1 saturated carbocycles. The zero-order valence-corrected chi connectivity index (χ0v) is 27.2. The van der Waals surface area contributed by atoms with E-state index in [0.717, 1.165) is 83.4 Å². The molecule has 3 atom stereocenters. The number of ether oxygens (including phenoxy) is 2. The van der Waals surface area contributed by atoms with Crippen molar-refractivity contribution in [3.63, 3.8) is 0 Å². The van der Waals surface area contributed by atoms with E-state index in [9.17, 15) is 13.6 Å². The van der Waals surface area contributed by atoms with Gasteiger partial charge in [0.15, 0.2) is 11.6 Å². The third-order valence-corrected chi connectivity index (χ3v) is 10.0. The highest BCUT2D eigenvalue weighted by atomic mass is 35.5. The molecule has 46 heavy (non-hydrogen) atoms. The fourth-order valence-corrected chi connectivity index (χ4v) is 7.22. The molecule has 2 bridgehead atoms. The lowest BCUT2D eigenvalue weighted by molar-refractivity contribution is -0.128. The van der Waals surface area contributed by atoms with E-state index in [-0.39, 0.29) is 41.4 Å². The Kier molecular flexibility index (Phi) is 9.97. The number of methoxy groups -OCH3 is 1. The molecule has 1 amide bonds. The van der Waals surface area contributed by atoms with Crippen LogP contribution in [0.25, 0.3) is 5.57 Å². The molecular formula is C37H42ClF2N3O3. The molecule has 0 spiro atoms. The van der Waals surface area contributed by atoms with Crippen LogP contribution >= 0.6 is 11.6 Å². The van der Waals surface area contributed by atoms with Gasteiger partial charge in [0.05, 0.1) is 13.7 Å². The highest BCUT2D eigenvalue weighted by Crippen LogP contribution is 2.41. The van der Waals surface area contributed by atoms with Crippen LogP contribution in [0, 0.1) is 24.5 Å². The number of piperidine rings is 1. The van der Waals surface area contributed by atoms with E-state index in [0.29, 0.717) is 31.8 Å². The first-order valence-corrected chi connectivity index (χ1v) is 16.6. The minimum absolute atomic E-state index is 0.0388. The third-order valence-electron chi connectivity index (χ3n) is 9.68. The minimum atomic E-state index is -0.711. The molecule has 0 aromatic heterocycles. The molecule has 3 aromatic carbocycles. The van der Waals surface area contributed by atoms with E-state index in [1.54, 1.807) is 7.11 Å². The molecule has 3 N–H and O–H groups in total. The molecule has 3 aromatic rings. The first kappa shape index (κ1) is 32.5. The van der Waals surface area contributed by atoms with Gasteiger partial charge in [-0.05, 0) is 110 Å². The maximum atomic E-state index is 14.6. The number of carbonyl (C=O) groups excluding carboxylic acids is 1. The van der Waals surface area contributed by atoms with Crippen molar-refractivity contribution in [3.8, 4) is 11.5 Å². The topological polar surface area (TPSA) is 76.8 Å². The summed E-state index contributed by atoms with van der Waals surface area (Å²) in [6.45, 7) is 3.42. The van der Waals surface area contributed by atoms with Crippen molar-refractivity contribution in [2.24, 2.45) is 11.7 Å². The Morgan fingerprint density at radius 3 is 2.54 bits per heavy atom. The van der Waals surface area contributed by atoms with E-state index in [1.807, 2.05) is 12.1 Å². The average Bonchev–Trinajstić information content (AvgIpc) is 3.91. The Morgan fingerprint density at radius 2 is 1.83 bits per heavy atom. The normalized spacial score (nSPS) is 20.9. The van der Waals surface area contributed by atoms with Crippen molar-refractivity contribution in [1.29, 1.82) is 0 Å². The van der Waals surface area contributed by atoms with Crippen LogP contribution in [0.5, 0.6) is 11.5 Å². The lowest BCUT2D eigenvalue weighted by atomic mass is 9.75. The lowest BCUT2D eigenvalue weighted by Crippen LogP contribution is -2.54. The fraction of sp³-hybridized carbons (Fsp3) is 0.432. The number of rotatable bonds is 12. The SMILES string of the molecule is COc1cccc(CN(C(=O)C2=C(c3ccc(CCCOc4c(F)ccc(F)c4Cl)cc3)C[C@@H]3CC(CN)CC2N3)C2CC2)c1C. The predicted molar refractivity (Wildman–Crippen MR) is 177 cm³/mol. The van der Waals surface area contributed by atoms with Crippen molar-refractivity contribution in [3.05, 3.63) is 99.1 Å². The Bertz CT molecular complexity index is 1610. The van der Waals surface area contributed by atoms with Crippen molar-refractivity contribution in [2.75, 3.05) is 20.3 Å². The Balaban J connectivity index is 1.23. The molecule has 9 heteroatoms. The number of hydrogen-bond acceptors (Lipinski definition) is 5. The molecule has 2 aliphatic heterocycles. The number of halogens is 3. The second kappa shape index (κ2) is 14.1. The van der Waals surface area contributed by atoms with Crippen molar-refractivity contribution >= 4 is 23.1 Å². The van der Waals surface area contributed by atoms with Crippen LogP contribution in [-0.4, -0.2) is 49.2 Å². The number of benzene rings is 3. The first-order chi connectivity index (χ1) is 22.3. The summed E-state index contributed by atoms with van der Waals surface area (Å²) in [5.41, 5.74) is 12.5. The number of nitrogens with two attached hydrogens (primary N) is 1. The van der Waals surface area contributed by atoms with Gasteiger partial charge in [0, 0.05) is 30.2 Å². The van der Waals surface area contributed by atoms with Gasteiger partial charge in [0.2, 0.25) is 0 Å². The van der Waals surface area contributed by atoms with Crippen LogP contribution in [0.4, 0.5) is 8.78 Å². The molecule has 3 aliphatic rings. The molecule has 1 saturated heterocycles. The zero-order chi connectivity index (χ0) is 32.4. The number of nitrogens with zero attached hydrogens (tertiary/aromatic N) is 1. The Morgan fingerprint density at radius 1 is 1.07 bits per heavy atom. The maximum absolute atomic E-state index is 14.6. The summed E-state index contributed by atoms with van der Waals surface area (Å²) in [5, 5.41) is 3.43.